The fraction of sp³-hybridized carbons (Fsp3) is 0.500. The molecule has 0 N–H and O–H groups in total. The normalized spacial score (nSPS) is 21.6. The van der Waals surface area contributed by atoms with Crippen LogP contribution in [0.25, 0.3) is 0 Å². The van der Waals surface area contributed by atoms with Crippen LogP contribution in [-0.2, 0) is 14.3 Å². The Kier molecular flexibility index (Phi) is 4.84. The molecule has 1 aromatic carbocycles. The van der Waals surface area contributed by atoms with Crippen LogP contribution in [0.5, 0.6) is 0 Å². The maximum atomic E-state index is 11.7. The van der Waals surface area contributed by atoms with Crippen molar-refractivity contribution in [2.24, 2.45) is 0 Å². The quantitative estimate of drug-likeness (QED) is 0.601. The summed E-state index contributed by atoms with van der Waals surface area (Å²) in [5.41, 5.74) is 0.572. The van der Waals surface area contributed by atoms with Gasteiger partial charge in [-0.3, -0.25) is 4.39 Å². The largest absolute Gasteiger partial charge is 0.458 e. The summed E-state index contributed by atoms with van der Waals surface area (Å²) in [6, 6.07) is 9.71. The molecule has 0 radical (unpaired) electrons. The maximum Gasteiger partial charge on any atom is 0.338 e. The third kappa shape index (κ3) is 4.11. The van der Waals surface area contributed by atoms with E-state index in [4.69, 9.17) is 9.47 Å². The van der Waals surface area contributed by atoms with Gasteiger partial charge in [-0.25, -0.2) is 4.79 Å². The molecule has 18 heavy (non-hydrogen) atoms. The molecule has 2 unspecified atom stereocenters. The van der Waals surface area contributed by atoms with E-state index in [0.29, 0.717) is 7.18 Å². The molecule has 1 heterocycles. The summed E-state index contributed by atoms with van der Waals surface area (Å²) in [5.74, 6) is -0.277. The van der Waals surface area contributed by atoms with Gasteiger partial charge in [0.15, 0.2) is 6.10 Å². The predicted molar refractivity (Wildman–Crippen MR) is 66.9 cm³/mol. The third-order valence-corrected chi connectivity index (χ3v) is 2.26. The first-order chi connectivity index (χ1) is 8.47. The molecule has 2 atom stereocenters. The molecule has 0 saturated carbocycles. The average molecular weight is 254 g/mol. The van der Waals surface area contributed by atoms with E-state index in [1.54, 1.807) is 0 Å². The second-order valence-corrected chi connectivity index (χ2v) is 4.92. The second kappa shape index (κ2) is 5.96. The van der Waals surface area contributed by atoms with E-state index in [-0.39, 0.29) is 12.1 Å². The number of hydrogen-bond acceptors (Lipinski definition) is 3. The van der Waals surface area contributed by atoms with Gasteiger partial charge in [0.25, 0.3) is 0 Å². The Morgan fingerprint density at radius 1 is 1.22 bits per heavy atom. The number of rotatable bonds is 2. The molecule has 1 aliphatic heterocycles. The summed E-state index contributed by atoms with van der Waals surface area (Å²) < 4.78 is 20.1. The summed E-state index contributed by atoms with van der Waals surface area (Å²) >= 11 is 0. The van der Waals surface area contributed by atoms with Gasteiger partial charge in [-0.05, 0) is 26.3 Å². The number of carbonyl (C=O) groups excluding carboxylic acids is 1. The molecule has 3 nitrogen and oxygen atoms in total. The SMILES string of the molecule is CC(C)(C)OC(=O)C1OC1c1ccccc1.CF. The lowest BCUT2D eigenvalue weighted by atomic mass is 10.1. The molecule has 1 saturated heterocycles. The maximum absolute atomic E-state index is 11.7. The Balaban J connectivity index is 0.000000771. The standard InChI is InChI=1S/C13H16O3.CH3F/c1-13(2,3)16-12(14)11-10(15-11)9-7-5-4-6-8-9;1-2/h4-8,10-11H,1-3H3;1H3. The number of benzene rings is 1. The summed E-state index contributed by atoms with van der Waals surface area (Å²) in [7, 11) is 0.500. The minimum absolute atomic E-state index is 0.129. The Morgan fingerprint density at radius 3 is 2.28 bits per heavy atom. The number of alkyl halides is 1. The summed E-state index contributed by atoms with van der Waals surface area (Å²) in [5, 5.41) is 0. The van der Waals surface area contributed by atoms with Gasteiger partial charge < -0.3 is 9.47 Å². The van der Waals surface area contributed by atoms with Crippen LogP contribution < -0.4 is 0 Å². The van der Waals surface area contributed by atoms with Gasteiger partial charge in [-0.2, -0.15) is 0 Å². The average Bonchev–Trinajstić information content (AvgIpc) is 3.11. The zero-order valence-electron chi connectivity index (χ0n) is 11.1. The van der Waals surface area contributed by atoms with Crippen molar-refractivity contribution >= 4 is 5.97 Å². The van der Waals surface area contributed by atoms with Crippen LogP contribution in [0.2, 0.25) is 0 Å². The molecule has 0 amide bonds. The molecule has 4 heteroatoms. The number of epoxide rings is 1. The van der Waals surface area contributed by atoms with Crippen molar-refractivity contribution in [2.75, 3.05) is 7.18 Å². The van der Waals surface area contributed by atoms with E-state index in [1.165, 1.54) is 0 Å². The van der Waals surface area contributed by atoms with Gasteiger partial charge in [-0.1, -0.05) is 30.3 Å². The second-order valence-electron chi connectivity index (χ2n) is 4.92. The first kappa shape index (κ1) is 14.6. The Hall–Kier alpha value is -1.42. The van der Waals surface area contributed by atoms with Crippen LogP contribution in [0, 0.1) is 0 Å². The molecule has 1 fully saturated rings. The number of carbonyl (C=O) groups is 1. The molecule has 0 bridgehead atoms. The lowest BCUT2D eigenvalue weighted by Crippen LogP contribution is -2.26. The van der Waals surface area contributed by atoms with Gasteiger partial charge in [0.05, 0.1) is 7.18 Å². The highest BCUT2D eigenvalue weighted by Crippen LogP contribution is 2.39. The van der Waals surface area contributed by atoms with Crippen LogP contribution in [0.3, 0.4) is 0 Å². The summed E-state index contributed by atoms with van der Waals surface area (Å²) in [6.45, 7) is 5.56. The van der Waals surface area contributed by atoms with Gasteiger partial charge in [0, 0.05) is 0 Å². The lowest BCUT2D eigenvalue weighted by Gasteiger charge is -2.18. The Labute approximate surface area is 107 Å². The van der Waals surface area contributed by atoms with Crippen LogP contribution in [0.4, 0.5) is 4.39 Å². The lowest BCUT2D eigenvalue weighted by molar-refractivity contribution is -0.156. The van der Waals surface area contributed by atoms with Gasteiger partial charge in [0.1, 0.15) is 11.7 Å². The Morgan fingerprint density at radius 2 is 1.78 bits per heavy atom. The van der Waals surface area contributed by atoms with E-state index in [9.17, 15) is 9.18 Å². The highest BCUT2D eigenvalue weighted by molar-refractivity contribution is 5.78. The molecule has 100 valence electrons. The van der Waals surface area contributed by atoms with E-state index in [0.717, 1.165) is 5.56 Å². The first-order valence-electron chi connectivity index (χ1n) is 5.78. The van der Waals surface area contributed by atoms with E-state index >= 15 is 0 Å². The van der Waals surface area contributed by atoms with Crippen molar-refractivity contribution in [3.63, 3.8) is 0 Å². The smallest absolute Gasteiger partial charge is 0.338 e. The van der Waals surface area contributed by atoms with E-state index in [1.807, 2.05) is 51.1 Å². The molecule has 0 aliphatic carbocycles. The zero-order valence-corrected chi connectivity index (χ0v) is 11.1. The topological polar surface area (TPSA) is 38.8 Å². The highest BCUT2D eigenvalue weighted by atomic mass is 19.1. The van der Waals surface area contributed by atoms with Crippen LogP contribution in [0.15, 0.2) is 30.3 Å². The molecule has 0 spiro atoms. The fourth-order valence-electron chi connectivity index (χ4n) is 1.55. The van der Waals surface area contributed by atoms with Gasteiger partial charge in [-0.15, -0.1) is 0 Å². The van der Waals surface area contributed by atoms with Gasteiger partial charge >= 0.3 is 5.97 Å². The van der Waals surface area contributed by atoms with Crippen molar-refractivity contribution in [1.29, 1.82) is 0 Å². The van der Waals surface area contributed by atoms with Crippen molar-refractivity contribution in [3.05, 3.63) is 35.9 Å². The molecular weight excluding hydrogens is 235 g/mol. The third-order valence-electron chi connectivity index (χ3n) is 2.26. The minimum Gasteiger partial charge on any atom is -0.458 e. The molecular formula is C14H19FO3. The molecule has 0 aromatic heterocycles. The monoisotopic (exact) mass is 254 g/mol. The number of esters is 1. The predicted octanol–water partition coefficient (Wildman–Crippen LogP) is 3.05. The van der Waals surface area contributed by atoms with Crippen molar-refractivity contribution in [3.8, 4) is 0 Å². The Bertz CT molecular complexity index is 384. The van der Waals surface area contributed by atoms with Crippen molar-refractivity contribution in [2.45, 2.75) is 38.6 Å². The molecule has 1 aromatic rings. The summed E-state index contributed by atoms with van der Waals surface area (Å²) in [6.07, 6.45) is -0.558. The molecule has 2 rings (SSSR count). The zero-order chi connectivity index (χ0) is 13.8. The first-order valence-corrected chi connectivity index (χ1v) is 5.78. The van der Waals surface area contributed by atoms with Gasteiger partial charge in [0.2, 0.25) is 0 Å². The number of halogens is 1. The molecule has 1 aliphatic rings. The van der Waals surface area contributed by atoms with Crippen molar-refractivity contribution in [1.82, 2.24) is 0 Å². The minimum atomic E-state index is -0.454. The highest BCUT2D eigenvalue weighted by Gasteiger charge is 2.48. The van der Waals surface area contributed by atoms with E-state index < -0.39 is 11.7 Å². The number of ether oxygens (including phenoxy) is 2. The summed E-state index contributed by atoms with van der Waals surface area (Å²) in [4.78, 5) is 11.7. The number of hydrogen-bond donors (Lipinski definition) is 0. The van der Waals surface area contributed by atoms with Crippen LogP contribution in [-0.4, -0.2) is 24.9 Å². The van der Waals surface area contributed by atoms with E-state index in [2.05, 4.69) is 0 Å². The van der Waals surface area contributed by atoms with Crippen molar-refractivity contribution < 1.29 is 18.7 Å². The fourth-order valence-corrected chi connectivity index (χ4v) is 1.55. The van der Waals surface area contributed by atoms with Crippen LogP contribution >= 0.6 is 0 Å². The van der Waals surface area contributed by atoms with Crippen LogP contribution in [0.1, 0.15) is 32.4 Å².